The SMILES string of the molecule is CCCN(CC#N)C(=O)c1ccc(C)c([N+](=O)[O-])c1. The van der Waals surface area contributed by atoms with Crippen molar-refractivity contribution in [2.24, 2.45) is 0 Å². The highest BCUT2D eigenvalue weighted by Gasteiger charge is 2.19. The van der Waals surface area contributed by atoms with Crippen LogP contribution in [0.25, 0.3) is 0 Å². The van der Waals surface area contributed by atoms with E-state index in [1.165, 1.54) is 11.0 Å². The largest absolute Gasteiger partial charge is 0.325 e. The number of nitrogens with zero attached hydrogens (tertiary/aromatic N) is 3. The van der Waals surface area contributed by atoms with Crippen LogP contribution in [0.4, 0.5) is 5.69 Å². The van der Waals surface area contributed by atoms with Gasteiger partial charge in [-0.2, -0.15) is 5.26 Å². The van der Waals surface area contributed by atoms with Crippen molar-refractivity contribution in [1.29, 1.82) is 5.26 Å². The number of hydrogen-bond donors (Lipinski definition) is 0. The predicted molar refractivity (Wildman–Crippen MR) is 69.6 cm³/mol. The van der Waals surface area contributed by atoms with Crippen molar-refractivity contribution in [3.05, 3.63) is 39.4 Å². The summed E-state index contributed by atoms with van der Waals surface area (Å²) in [6.07, 6.45) is 0.724. The summed E-state index contributed by atoms with van der Waals surface area (Å²) in [6.45, 7) is 3.95. The number of nitriles is 1. The van der Waals surface area contributed by atoms with Crippen molar-refractivity contribution in [2.45, 2.75) is 20.3 Å². The molecule has 1 aromatic rings. The normalized spacial score (nSPS) is 9.74. The third-order valence-electron chi connectivity index (χ3n) is 2.70. The summed E-state index contributed by atoms with van der Waals surface area (Å²) >= 11 is 0. The van der Waals surface area contributed by atoms with Crippen LogP contribution in [0.15, 0.2) is 18.2 Å². The molecule has 0 aromatic heterocycles. The van der Waals surface area contributed by atoms with Crippen molar-refractivity contribution in [3.63, 3.8) is 0 Å². The van der Waals surface area contributed by atoms with Crippen molar-refractivity contribution in [2.75, 3.05) is 13.1 Å². The Morgan fingerprint density at radius 3 is 2.74 bits per heavy atom. The highest BCUT2D eigenvalue weighted by atomic mass is 16.6. The van der Waals surface area contributed by atoms with Gasteiger partial charge in [-0.3, -0.25) is 14.9 Å². The molecule has 6 nitrogen and oxygen atoms in total. The quantitative estimate of drug-likeness (QED) is 0.462. The first-order valence-corrected chi connectivity index (χ1v) is 5.92. The summed E-state index contributed by atoms with van der Waals surface area (Å²) in [5.41, 5.74) is 0.657. The molecule has 1 amide bonds. The molecule has 0 atom stereocenters. The first-order chi connectivity index (χ1) is 9.01. The van der Waals surface area contributed by atoms with Gasteiger partial charge < -0.3 is 4.90 Å². The molecule has 0 fully saturated rings. The molecular formula is C13H15N3O3. The summed E-state index contributed by atoms with van der Waals surface area (Å²) in [4.78, 5) is 23.9. The molecule has 1 rings (SSSR count). The monoisotopic (exact) mass is 261 g/mol. The number of rotatable bonds is 5. The molecule has 100 valence electrons. The van der Waals surface area contributed by atoms with Crippen LogP contribution < -0.4 is 0 Å². The Hall–Kier alpha value is -2.42. The maximum absolute atomic E-state index is 12.2. The molecule has 0 N–H and O–H groups in total. The molecule has 0 unspecified atom stereocenters. The van der Waals surface area contributed by atoms with Crippen LogP contribution in [-0.2, 0) is 0 Å². The smallest absolute Gasteiger partial charge is 0.273 e. The van der Waals surface area contributed by atoms with Gasteiger partial charge in [-0.1, -0.05) is 13.0 Å². The van der Waals surface area contributed by atoms with E-state index in [0.717, 1.165) is 6.42 Å². The summed E-state index contributed by atoms with van der Waals surface area (Å²) in [7, 11) is 0. The minimum Gasteiger partial charge on any atom is -0.325 e. The van der Waals surface area contributed by atoms with Crippen LogP contribution in [0, 0.1) is 28.4 Å². The maximum atomic E-state index is 12.2. The first kappa shape index (κ1) is 14.6. The zero-order valence-electron chi connectivity index (χ0n) is 10.9. The van der Waals surface area contributed by atoms with E-state index in [1.54, 1.807) is 19.1 Å². The zero-order valence-corrected chi connectivity index (χ0v) is 10.9. The number of aryl methyl sites for hydroxylation is 1. The lowest BCUT2D eigenvalue weighted by Crippen LogP contribution is -2.32. The Morgan fingerprint density at radius 2 is 2.21 bits per heavy atom. The molecule has 0 aliphatic carbocycles. The van der Waals surface area contributed by atoms with Crippen LogP contribution in [0.5, 0.6) is 0 Å². The third-order valence-corrected chi connectivity index (χ3v) is 2.70. The molecule has 0 aliphatic heterocycles. The lowest BCUT2D eigenvalue weighted by molar-refractivity contribution is -0.385. The van der Waals surface area contributed by atoms with Gasteiger partial charge in [0.15, 0.2) is 0 Å². The fourth-order valence-electron chi connectivity index (χ4n) is 1.73. The third kappa shape index (κ3) is 3.52. The Balaban J connectivity index is 3.08. The van der Waals surface area contributed by atoms with E-state index < -0.39 is 4.92 Å². The average Bonchev–Trinajstić information content (AvgIpc) is 2.38. The topological polar surface area (TPSA) is 87.2 Å². The number of carbonyl (C=O) groups is 1. The Bertz CT molecular complexity index is 534. The van der Waals surface area contributed by atoms with E-state index >= 15 is 0 Å². The van der Waals surface area contributed by atoms with E-state index in [4.69, 9.17) is 5.26 Å². The Kier molecular flexibility index (Phi) is 5.01. The average molecular weight is 261 g/mol. The summed E-state index contributed by atoms with van der Waals surface area (Å²) < 4.78 is 0. The lowest BCUT2D eigenvalue weighted by Gasteiger charge is -2.18. The highest BCUT2D eigenvalue weighted by Crippen LogP contribution is 2.20. The molecular weight excluding hydrogens is 246 g/mol. The number of nitro benzene ring substituents is 1. The van der Waals surface area contributed by atoms with Gasteiger partial charge in [0.25, 0.3) is 11.6 Å². The van der Waals surface area contributed by atoms with Crippen LogP contribution in [0.2, 0.25) is 0 Å². The molecule has 19 heavy (non-hydrogen) atoms. The molecule has 0 aliphatic rings. The minimum atomic E-state index is -0.513. The highest BCUT2D eigenvalue weighted by molar-refractivity contribution is 5.95. The van der Waals surface area contributed by atoms with Crippen molar-refractivity contribution >= 4 is 11.6 Å². The molecule has 1 aromatic carbocycles. The van der Waals surface area contributed by atoms with Crippen molar-refractivity contribution in [1.82, 2.24) is 4.90 Å². The second kappa shape index (κ2) is 6.50. The molecule has 0 heterocycles. The Morgan fingerprint density at radius 1 is 1.53 bits per heavy atom. The van der Waals surface area contributed by atoms with Gasteiger partial charge in [0, 0.05) is 23.7 Å². The number of hydrogen-bond acceptors (Lipinski definition) is 4. The molecule has 0 bridgehead atoms. The van der Waals surface area contributed by atoms with E-state index in [2.05, 4.69) is 0 Å². The first-order valence-electron chi connectivity index (χ1n) is 5.92. The van der Waals surface area contributed by atoms with Gasteiger partial charge >= 0.3 is 0 Å². The predicted octanol–water partition coefficient (Wildman–Crippen LogP) is 2.28. The van der Waals surface area contributed by atoms with Crippen molar-refractivity contribution in [3.8, 4) is 6.07 Å². The van der Waals surface area contributed by atoms with Gasteiger partial charge in [0.05, 0.1) is 11.0 Å². The second-order valence-corrected chi connectivity index (χ2v) is 4.14. The van der Waals surface area contributed by atoms with E-state index in [0.29, 0.717) is 12.1 Å². The van der Waals surface area contributed by atoms with Gasteiger partial charge in [-0.25, -0.2) is 0 Å². The molecule has 0 spiro atoms. The minimum absolute atomic E-state index is 0.0195. The van der Waals surface area contributed by atoms with Gasteiger partial charge in [-0.05, 0) is 19.4 Å². The molecule has 0 radical (unpaired) electrons. The van der Waals surface area contributed by atoms with Crippen LogP contribution in [0.3, 0.4) is 0 Å². The van der Waals surface area contributed by atoms with E-state index in [9.17, 15) is 14.9 Å². The Labute approximate surface area is 111 Å². The summed E-state index contributed by atoms with van der Waals surface area (Å²) in [6, 6.07) is 6.27. The number of benzene rings is 1. The fourth-order valence-corrected chi connectivity index (χ4v) is 1.73. The molecule has 6 heteroatoms. The second-order valence-electron chi connectivity index (χ2n) is 4.14. The fraction of sp³-hybridized carbons (Fsp3) is 0.385. The van der Waals surface area contributed by atoms with Crippen LogP contribution in [-0.4, -0.2) is 28.8 Å². The maximum Gasteiger partial charge on any atom is 0.273 e. The van der Waals surface area contributed by atoms with Gasteiger partial charge in [-0.15, -0.1) is 0 Å². The zero-order chi connectivity index (χ0) is 14.4. The van der Waals surface area contributed by atoms with Gasteiger partial charge in [0.1, 0.15) is 6.54 Å². The van der Waals surface area contributed by atoms with E-state index in [1.807, 2.05) is 13.0 Å². The number of carbonyl (C=O) groups excluding carboxylic acids is 1. The van der Waals surface area contributed by atoms with Crippen molar-refractivity contribution < 1.29 is 9.72 Å². The number of amides is 1. The molecule has 0 saturated carbocycles. The summed E-state index contributed by atoms with van der Waals surface area (Å²) in [5, 5.41) is 19.5. The van der Waals surface area contributed by atoms with Gasteiger partial charge in [0.2, 0.25) is 0 Å². The molecule has 0 saturated heterocycles. The lowest BCUT2D eigenvalue weighted by atomic mass is 10.1. The van der Waals surface area contributed by atoms with Crippen LogP contribution >= 0.6 is 0 Å². The number of nitro groups is 1. The summed E-state index contributed by atoms with van der Waals surface area (Å²) in [5.74, 6) is -0.355. The standard InChI is InChI=1S/C13H15N3O3/c1-3-7-15(8-6-14)13(17)11-5-4-10(2)12(9-11)16(18)19/h4-5,9H,3,7-8H2,1-2H3. The van der Waals surface area contributed by atoms with Crippen LogP contribution in [0.1, 0.15) is 29.3 Å². The van der Waals surface area contributed by atoms with E-state index in [-0.39, 0.29) is 23.7 Å².